The smallest absolute Gasteiger partial charge is 0.260 e. The Bertz CT molecular complexity index is 672. The Balaban J connectivity index is 1.62. The summed E-state index contributed by atoms with van der Waals surface area (Å²) in [6.45, 7) is 2.70. The number of nitrogens with one attached hydrogen (secondary N) is 1. The fraction of sp³-hybridized carbons (Fsp3) is 0.350. The summed E-state index contributed by atoms with van der Waals surface area (Å²) in [6, 6.07) is 18.0. The number of carbonyl (C=O) groups is 1. The van der Waals surface area contributed by atoms with Crippen LogP contribution in [0.1, 0.15) is 6.42 Å². The average molecular weight is 324 g/mol. The number of ether oxygens (including phenoxy) is 1. The van der Waals surface area contributed by atoms with Gasteiger partial charge in [-0.3, -0.25) is 4.79 Å². The van der Waals surface area contributed by atoms with Crippen LogP contribution in [0.25, 0.3) is 11.1 Å². The molecular formula is C20H24N2O2. The molecule has 1 fully saturated rings. The van der Waals surface area contributed by atoms with E-state index in [-0.39, 0.29) is 12.5 Å². The van der Waals surface area contributed by atoms with Crippen molar-refractivity contribution in [1.29, 1.82) is 0 Å². The maximum atomic E-state index is 12.4. The summed E-state index contributed by atoms with van der Waals surface area (Å²) < 4.78 is 5.85. The van der Waals surface area contributed by atoms with Gasteiger partial charge in [-0.25, -0.2) is 0 Å². The van der Waals surface area contributed by atoms with Crippen molar-refractivity contribution in [1.82, 2.24) is 10.2 Å². The third-order valence-electron chi connectivity index (χ3n) is 4.45. The summed E-state index contributed by atoms with van der Waals surface area (Å²) in [4.78, 5) is 14.3. The molecule has 3 rings (SSSR count). The molecule has 1 amide bonds. The zero-order chi connectivity index (χ0) is 16.8. The van der Waals surface area contributed by atoms with Gasteiger partial charge in [-0.2, -0.15) is 0 Å². The van der Waals surface area contributed by atoms with E-state index in [4.69, 9.17) is 4.74 Å². The van der Waals surface area contributed by atoms with Crippen LogP contribution >= 0.6 is 0 Å². The van der Waals surface area contributed by atoms with Crippen molar-refractivity contribution in [3.63, 3.8) is 0 Å². The number of hydrogen-bond donors (Lipinski definition) is 1. The second kappa shape index (κ2) is 7.97. The molecule has 0 saturated carbocycles. The summed E-state index contributed by atoms with van der Waals surface area (Å²) in [7, 11) is 1.95. The highest BCUT2D eigenvalue weighted by Gasteiger charge is 2.25. The van der Waals surface area contributed by atoms with Crippen LogP contribution in [0.3, 0.4) is 0 Å². The minimum Gasteiger partial charge on any atom is -0.483 e. The zero-order valence-electron chi connectivity index (χ0n) is 14.1. The Morgan fingerprint density at radius 2 is 1.92 bits per heavy atom. The molecule has 0 spiro atoms. The predicted molar refractivity (Wildman–Crippen MR) is 96.0 cm³/mol. The number of rotatable bonds is 6. The fourth-order valence-electron chi connectivity index (χ4n) is 3.19. The largest absolute Gasteiger partial charge is 0.483 e. The van der Waals surface area contributed by atoms with Crippen molar-refractivity contribution in [2.45, 2.75) is 6.42 Å². The second-order valence-corrected chi connectivity index (χ2v) is 6.20. The van der Waals surface area contributed by atoms with Crippen LogP contribution in [-0.2, 0) is 4.79 Å². The molecule has 1 N–H and O–H groups in total. The van der Waals surface area contributed by atoms with E-state index in [1.165, 1.54) is 0 Å². The number of hydrogen-bond acceptors (Lipinski definition) is 3. The summed E-state index contributed by atoms with van der Waals surface area (Å²) in [5.74, 6) is 1.37. The van der Waals surface area contributed by atoms with Gasteiger partial charge in [-0.05, 0) is 37.6 Å². The molecule has 126 valence electrons. The molecule has 1 heterocycles. The van der Waals surface area contributed by atoms with Gasteiger partial charge in [-0.15, -0.1) is 0 Å². The third-order valence-corrected chi connectivity index (χ3v) is 4.45. The molecule has 0 aliphatic carbocycles. The van der Waals surface area contributed by atoms with Crippen molar-refractivity contribution in [2.75, 3.05) is 33.3 Å². The summed E-state index contributed by atoms with van der Waals surface area (Å²) in [6.07, 6.45) is 1.06. The maximum Gasteiger partial charge on any atom is 0.260 e. The molecule has 1 atom stereocenters. The fourth-order valence-corrected chi connectivity index (χ4v) is 3.19. The quantitative estimate of drug-likeness (QED) is 0.888. The summed E-state index contributed by atoms with van der Waals surface area (Å²) in [5, 5.41) is 3.18. The van der Waals surface area contributed by atoms with Crippen LogP contribution in [0.4, 0.5) is 0 Å². The molecule has 24 heavy (non-hydrogen) atoms. The van der Waals surface area contributed by atoms with Crippen molar-refractivity contribution in [3.05, 3.63) is 54.6 Å². The molecule has 0 bridgehead atoms. The van der Waals surface area contributed by atoms with Crippen molar-refractivity contribution >= 4 is 5.91 Å². The van der Waals surface area contributed by atoms with Crippen LogP contribution in [0.15, 0.2) is 54.6 Å². The van der Waals surface area contributed by atoms with Gasteiger partial charge < -0.3 is 15.0 Å². The summed E-state index contributed by atoms with van der Waals surface area (Å²) >= 11 is 0. The molecule has 1 aliphatic heterocycles. The molecule has 2 aromatic rings. The van der Waals surface area contributed by atoms with Gasteiger partial charge in [-0.1, -0.05) is 48.5 Å². The van der Waals surface area contributed by atoms with Gasteiger partial charge in [0.2, 0.25) is 0 Å². The van der Waals surface area contributed by atoms with Crippen molar-refractivity contribution in [2.24, 2.45) is 5.92 Å². The molecule has 0 unspecified atom stereocenters. The number of amides is 1. The first-order valence-corrected chi connectivity index (χ1v) is 8.47. The minimum atomic E-state index is 0.0662. The Morgan fingerprint density at radius 1 is 1.17 bits per heavy atom. The third kappa shape index (κ3) is 3.95. The van der Waals surface area contributed by atoms with Crippen LogP contribution in [-0.4, -0.2) is 44.1 Å². The minimum absolute atomic E-state index is 0.0662. The molecule has 2 aromatic carbocycles. The van der Waals surface area contributed by atoms with Gasteiger partial charge >= 0.3 is 0 Å². The highest BCUT2D eigenvalue weighted by molar-refractivity contribution is 5.78. The highest BCUT2D eigenvalue weighted by Crippen LogP contribution is 2.29. The standard InChI is InChI=1S/C20H24N2O2/c1-21-13-16-11-12-22(14-16)20(23)15-24-19-10-6-5-9-18(19)17-7-3-2-4-8-17/h2-10,16,21H,11-15H2,1H3/t16-/m1/s1. The Labute approximate surface area is 143 Å². The van der Waals surface area contributed by atoms with Gasteiger partial charge in [0.15, 0.2) is 6.61 Å². The molecule has 0 aromatic heterocycles. The van der Waals surface area contributed by atoms with E-state index >= 15 is 0 Å². The summed E-state index contributed by atoms with van der Waals surface area (Å²) in [5.41, 5.74) is 2.11. The van der Waals surface area contributed by atoms with Gasteiger partial charge in [0, 0.05) is 18.7 Å². The lowest BCUT2D eigenvalue weighted by Gasteiger charge is -2.18. The molecular weight excluding hydrogens is 300 g/mol. The van der Waals surface area contributed by atoms with E-state index in [9.17, 15) is 4.79 Å². The lowest BCUT2D eigenvalue weighted by molar-refractivity contribution is -0.132. The van der Waals surface area contributed by atoms with Crippen LogP contribution < -0.4 is 10.1 Å². The Hall–Kier alpha value is -2.33. The van der Waals surface area contributed by atoms with Gasteiger partial charge in [0.1, 0.15) is 5.75 Å². The van der Waals surface area contributed by atoms with E-state index in [1.54, 1.807) is 0 Å². The first-order valence-electron chi connectivity index (χ1n) is 8.47. The molecule has 1 aliphatic rings. The van der Waals surface area contributed by atoms with E-state index in [0.29, 0.717) is 5.92 Å². The molecule has 1 saturated heterocycles. The SMILES string of the molecule is CNC[C@H]1CCN(C(=O)COc2ccccc2-c2ccccc2)C1. The number of likely N-dealkylation sites (tertiary alicyclic amines) is 1. The highest BCUT2D eigenvalue weighted by atomic mass is 16.5. The van der Waals surface area contributed by atoms with E-state index in [0.717, 1.165) is 42.9 Å². The van der Waals surface area contributed by atoms with Crippen LogP contribution in [0, 0.1) is 5.92 Å². The van der Waals surface area contributed by atoms with Gasteiger partial charge in [0.25, 0.3) is 5.91 Å². The van der Waals surface area contributed by atoms with Gasteiger partial charge in [0.05, 0.1) is 0 Å². The number of benzene rings is 2. The van der Waals surface area contributed by atoms with Crippen LogP contribution in [0.2, 0.25) is 0 Å². The number of carbonyl (C=O) groups excluding carboxylic acids is 1. The molecule has 4 heteroatoms. The van der Waals surface area contributed by atoms with E-state index in [2.05, 4.69) is 5.32 Å². The normalized spacial score (nSPS) is 17.0. The van der Waals surface area contributed by atoms with Crippen molar-refractivity contribution in [3.8, 4) is 16.9 Å². The average Bonchev–Trinajstić information content (AvgIpc) is 3.10. The Morgan fingerprint density at radius 3 is 2.71 bits per heavy atom. The first-order chi connectivity index (χ1) is 11.8. The zero-order valence-corrected chi connectivity index (χ0v) is 14.1. The first kappa shape index (κ1) is 16.5. The molecule has 4 nitrogen and oxygen atoms in total. The van der Waals surface area contributed by atoms with E-state index < -0.39 is 0 Å². The lowest BCUT2D eigenvalue weighted by atomic mass is 10.1. The second-order valence-electron chi connectivity index (χ2n) is 6.20. The van der Waals surface area contributed by atoms with Crippen molar-refractivity contribution < 1.29 is 9.53 Å². The maximum absolute atomic E-state index is 12.4. The van der Waals surface area contributed by atoms with Crippen LogP contribution in [0.5, 0.6) is 5.75 Å². The van der Waals surface area contributed by atoms with E-state index in [1.807, 2.05) is 66.5 Å². The Kier molecular flexibility index (Phi) is 5.49. The number of para-hydroxylation sites is 1. The monoisotopic (exact) mass is 324 g/mol. The molecule has 0 radical (unpaired) electrons. The topological polar surface area (TPSA) is 41.6 Å². The number of nitrogens with zero attached hydrogens (tertiary/aromatic N) is 1. The predicted octanol–water partition coefficient (Wildman–Crippen LogP) is 2.80. The lowest BCUT2D eigenvalue weighted by Crippen LogP contribution is -2.34.